The van der Waals surface area contributed by atoms with Crippen LogP contribution in [-0.4, -0.2) is 39.2 Å². The molecule has 1 unspecified atom stereocenters. The third kappa shape index (κ3) is 4.73. The predicted octanol–water partition coefficient (Wildman–Crippen LogP) is 4.60. The van der Waals surface area contributed by atoms with Gasteiger partial charge in [-0.05, 0) is 76.5 Å². The molecule has 2 N–H and O–H groups in total. The van der Waals surface area contributed by atoms with Gasteiger partial charge in [-0.2, -0.15) is 0 Å². The Morgan fingerprint density at radius 2 is 1.83 bits per heavy atom. The first kappa shape index (κ1) is 24.7. The second-order valence-corrected chi connectivity index (χ2v) is 11.5. The quantitative estimate of drug-likeness (QED) is 0.331. The van der Waals surface area contributed by atoms with Crippen LogP contribution < -0.4 is 4.73 Å². The maximum Gasteiger partial charge on any atom is 0.226 e. The monoisotopic (exact) mass is 620 g/mol. The van der Waals surface area contributed by atoms with Crippen molar-refractivity contribution in [1.29, 1.82) is 0 Å². The average Bonchev–Trinajstić information content (AvgIpc) is 2.95. The third-order valence-electron chi connectivity index (χ3n) is 7.15. The van der Waals surface area contributed by atoms with Gasteiger partial charge in [0.15, 0.2) is 0 Å². The number of rotatable bonds is 3. The first-order valence-corrected chi connectivity index (χ1v) is 13.5. The Balaban J connectivity index is 1.44. The largest absolute Gasteiger partial charge is 0.378 e. The van der Waals surface area contributed by atoms with Gasteiger partial charge in [0.2, 0.25) is 18.3 Å². The van der Waals surface area contributed by atoms with Gasteiger partial charge in [0.05, 0.1) is 12.1 Å². The molecule has 0 spiro atoms. The molecule has 0 bridgehead atoms. The first-order chi connectivity index (χ1) is 16.8. The summed E-state index contributed by atoms with van der Waals surface area (Å²) in [6.07, 6.45) is 7.87. The van der Waals surface area contributed by atoms with Crippen LogP contribution in [0.5, 0.6) is 0 Å². The van der Waals surface area contributed by atoms with Gasteiger partial charge in [0.1, 0.15) is 5.60 Å². The summed E-state index contributed by atoms with van der Waals surface area (Å²) in [4.78, 5) is 19.5. The first-order valence-electron chi connectivity index (χ1n) is 11.6. The summed E-state index contributed by atoms with van der Waals surface area (Å²) in [5.74, 6) is -0.0683. The molecule has 0 radical (unpaired) electrons. The lowest BCUT2D eigenvalue weighted by atomic mass is 9.72. The number of carbonyl (C=O) groups is 1. The Hall–Kier alpha value is -2.00. The molecule has 2 aliphatic rings. The van der Waals surface area contributed by atoms with E-state index in [9.17, 15) is 15.1 Å². The van der Waals surface area contributed by atoms with Crippen LogP contribution in [0.1, 0.15) is 40.8 Å². The minimum Gasteiger partial charge on any atom is -0.378 e. The van der Waals surface area contributed by atoms with E-state index in [0.29, 0.717) is 36.6 Å². The van der Waals surface area contributed by atoms with E-state index in [0.717, 1.165) is 48.8 Å². The summed E-state index contributed by atoms with van der Waals surface area (Å²) >= 11 is 13.6. The zero-order chi connectivity index (χ0) is 24.7. The minimum atomic E-state index is -1.30. The number of benzene rings is 1. The average molecular weight is 623 g/mol. The van der Waals surface area contributed by atoms with Crippen molar-refractivity contribution in [3.8, 4) is 0 Å². The van der Waals surface area contributed by atoms with Gasteiger partial charge in [-0.1, -0.05) is 27.5 Å². The zero-order valence-corrected chi connectivity index (χ0v) is 22.9. The highest BCUT2D eigenvalue weighted by molar-refractivity contribution is 9.10. The molecule has 5 rings (SSSR count). The van der Waals surface area contributed by atoms with Crippen LogP contribution in [0.4, 0.5) is 0 Å². The zero-order valence-electron chi connectivity index (χ0n) is 18.9. The molecule has 1 amide bonds. The van der Waals surface area contributed by atoms with Crippen LogP contribution >= 0.6 is 43.5 Å². The number of aryl methyl sites for hydroxylation is 2. The van der Waals surface area contributed by atoms with Crippen LogP contribution in [-0.2, 0) is 29.7 Å². The number of halogens is 3. The number of pyridine rings is 2. The molecule has 35 heavy (non-hydrogen) atoms. The number of nitrogens with zero attached hydrogens (tertiary/aromatic N) is 3. The number of carbonyl (C=O) groups excluding carboxylic acids is 1. The molecule has 1 aromatic carbocycles. The molecular formula is C26H25Br2ClN3O3+. The lowest BCUT2D eigenvalue weighted by molar-refractivity contribution is -0.904. The molecule has 0 saturated carbocycles. The van der Waals surface area contributed by atoms with Crippen LogP contribution in [0.25, 0.3) is 0 Å². The fourth-order valence-electron chi connectivity index (χ4n) is 5.45. The second-order valence-electron chi connectivity index (χ2n) is 9.27. The van der Waals surface area contributed by atoms with E-state index in [-0.39, 0.29) is 18.2 Å². The SMILES string of the molecule is O=C(Cc1cc[n+](O)cc1)N1CCC(C2(O)c3ncc(Br)cc3CCc3cc(Cl)cc(Br)c32)CC1. The van der Waals surface area contributed by atoms with Crippen LogP contribution in [0.3, 0.4) is 0 Å². The van der Waals surface area contributed by atoms with Gasteiger partial charge in [-0.25, -0.2) is 0 Å². The van der Waals surface area contributed by atoms with Crippen molar-refractivity contribution >= 4 is 49.4 Å². The molecule has 2 aromatic heterocycles. The van der Waals surface area contributed by atoms with Crippen molar-refractivity contribution in [2.24, 2.45) is 5.92 Å². The highest BCUT2D eigenvalue weighted by Gasteiger charge is 2.47. The smallest absolute Gasteiger partial charge is 0.226 e. The lowest BCUT2D eigenvalue weighted by Crippen LogP contribution is -2.47. The van der Waals surface area contributed by atoms with E-state index in [1.807, 2.05) is 23.1 Å². The normalized spacial score (nSPS) is 20.2. The van der Waals surface area contributed by atoms with E-state index in [4.69, 9.17) is 16.6 Å². The van der Waals surface area contributed by atoms with Crippen molar-refractivity contribution in [3.63, 3.8) is 0 Å². The molecule has 1 saturated heterocycles. The van der Waals surface area contributed by atoms with Crippen LogP contribution in [0.2, 0.25) is 5.02 Å². The summed E-state index contributed by atoms with van der Waals surface area (Å²) in [5, 5.41) is 22.6. The number of hydrogen-bond acceptors (Lipinski definition) is 4. The van der Waals surface area contributed by atoms with E-state index < -0.39 is 5.60 Å². The highest BCUT2D eigenvalue weighted by Crippen LogP contribution is 2.49. The van der Waals surface area contributed by atoms with E-state index >= 15 is 0 Å². The van der Waals surface area contributed by atoms with Crippen molar-refractivity contribution < 1.29 is 19.8 Å². The minimum absolute atomic E-state index is 0.0443. The Morgan fingerprint density at radius 3 is 2.54 bits per heavy atom. The van der Waals surface area contributed by atoms with Gasteiger partial charge in [0, 0.05) is 61.6 Å². The molecule has 3 aromatic rings. The maximum atomic E-state index is 13.0. The van der Waals surface area contributed by atoms with Crippen LogP contribution in [0, 0.1) is 5.92 Å². The lowest BCUT2D eigenvalue weighted by Gasteiger charge is -2.42. The van der Waals surface area contributed by atoms with E-state index in [1.165, 1.54) is 12.4 Å². The number of aliphatic hydroxyl groups is 1. The predicted molar refractivity (Wildman–Crippen MR) is 138 cm³/mol. The number of amides is 1. The molecule has 1 atom stereocenters. The summed E-state index contributed by atoms with van der Waals surface area (Å²) in [6.45, 7) is 1.12. The molecular weight excluding hydrogens is 598 g/mol. The molecule has 182 valence electrons. The fourth-order valence-corrected chi connectivity index (χ4v) is 7.01. The Morgan fingerprint density at radius 1 is 1.14 bits per heavy atom. The van der Waals surface area contributed by atoms with Gasteiger partial charge in [-0.15, -0.1) is 0 Å². The van der Waals surface area contributed by atoms with E-state index in [1.54, 1.807) is 18.3 Å². The molecule has 1 aliphatic heterocycles. The summed E-state index contributed by atoms with van der Waals surface area (Å²) in [6, 6.07) is 9.30. The molecule has 3 heterocycles. The highest BCUT2D eigenvalue weighted by atomic mass is 79.9. The maximum absolute atomic E-state index is 13.0. The van der Waals surface area contributed by atoms with Gasteiger partial charge < -0.3 is 10.0 Å². The summed E-state index contributed by atoms with van der Waals surface area (Å²) < 4.78 is 2.62. The van der Waals surface area contributed by atoms with Crippen molar-refractivity contribution in [2.45, 2.75) is 37.7 Å². The van der Waals surface area contributed by atoms with Gasteiger partial charge in [-0.3, -0.25) is 15.0 Å². The fraction of sp³-hybridized carbons (Fsp3) is 0.346. The number of piperidine rings is 1. The number of fused-ring (bicyclic) bond motifs is 2. The summed E-state index contributed by atoms with van der Waals surface area (Å²) in [5.41, 5.74) is 3.11. The summed E-state index contributed by atoms with van der Waals surface area (Å²) in [7, 11) is 0. The Bertz CT molecular complexity index is 1280. The van der Waals surface area contributed by atoms with Gasteiger partial charge in [0.25, 0.3) is 0 Å². The van der Waals surface area contributed by atoms with Gasteiger partial charge >= 0.3 is 0 Å². The number of hydrogen-bond donors (Lipinski definition) is 2. The van der Waals surface area contributed by atoms with Crippen molar-refractivity contribution in [1.82, 2.24) is 9.88 Å². The number of aromatic nitrogens is 2. The van der Waals surface area contributed by atoms with Crippen molar-refractivity contribution in [3.05, 3.63) is 90.8 Å². The Labute approximate surface area is 225 Å². The second kappa shape index (κ2) is 9.81. The topological polar surface area (TPSA) is 77.5 Å². The van der Waals surface area contributed by atoms with Crippen LogP contribution in [0.15, 0.2) is 57.9 Å². The molecule has 1 fully saturated rings. The number of likely N-dealkylation sites (tertiary alicyclic amines) is 1. The third-order valence-corrected chi connectivity index (χ3v) is 8.43. The molecule has 1 aliphatic carbocycles. The van der Waals surface area contributed by atoms with E-state index in [2.05, 4.69) is 31.9 Å². The molecule has 6 nitrogen and oxygen atoms in total. The standard InChI is InChI=1S/C26H25Br2ClN3O3/c27-20-12-18-2-1-17-13-21(29)14-22(28)24(17)26(34,25(18)30-15-20)19-5-7-31(8-6-19)23(33)11-16-3-9-32(35)10-4-16/h3-4,9-10,12-15,19,34-35H,1-2,5-8,11H2/q+1. The Kier molecular flexibility index (Phi) is 6.92. The van der Waals surface area contributed by atoms with Crippen molar-refractivity contribution in [2.75, 3.05) is 13.1 Å². The molecule has 9 heteroatoms.